The lowest BCUT2D eigenvalue weighted by atomic mass is 10.4. The Kier molecular flexibility index (Phi) is 2.85. The number of fused-ring (bicyclic) bond motifs is 3. The molecule has 3 heterocycles. The summed E-state index contributed by atoms with van der Waals surface area (Å²) in [6.07, 6.45) is 1.11. The predicted molar refractivity (Wildman–Crippen MR) is 72.2 cm³/mol. The monoisotopic (exact) mass is 284 g/mol. The third-order valence-electron chi connectivity index (χ3n) is 2.23. The molecular formula is C9H8N4OS3. The predicted octanol–water partition coefficient (Wildman–Crippen LogP) is 2.49. The van der Waals surface area contributed by atoms with Crippen molar-refractivity contribution in [3.05, 3.63) is 10.4 Å². The lowest BCUT2D eigenvalue weighted by Crippen LogP contribution is -2.07. The van der Waals surface area contributed by atoms with E-state index in [9.17, 15) is 4.79 Å². The first-order chi connectivity index (χ1) is 8.31. The van der Waals surface area contributed by atoms with Crippen molar-refractivity contribution in [3.8, 4) is 0 Å². The molecule has 3 aromatic rings. The summed E-state index contributed by atoms with van der Waals surface area (Å²) in [4.78, 5) is 12.5. The van der Waals surface area contributed by atoms with Crippen LogP contribution in [0.15, 0.2) is 9.00 Å². The highest BCUT2D eigenvalue weighted by molar-refractivity contribution is 8.01. The van der Waals surface area contributed by atoms with Gasteiger partial charge >= 0.3 is 0 Å². The number of thioether (sulfide) groups is 1. The molecule has 0 aromatic carbocycles. The van der Waals surface area contributed by atoms with Gasteiger partial charge in [0.1, 0.15) is 15.0 Å². The molecule has 17 heavy (non-hydrogen) atoms. The first kappa shape index (κ1) is 11.1. The molecule has 0 saturated carbocycles. The average Bonchev–Trinajstić information content (AvgIpc) is 2.87. The van der Waals surface area contributed by atoms with E-state index in [0.29, 0.717) is 10.2 Å². The lowest BCUT2D eigenvalue weighted by molar-refractivity contribution is 0.876. The van der Waals surface area contributed by atoms with E-state index >= 15 is 0 Å². The number of hydrogen-bond acceptors (Lipinski definition) is 7. The first-order valence-electron chi connectivity index (χ1n) is 5.07. The lowest BCUT2D eigenvalue weighted by Gasteiger charge is -1.93. The molecule has 0 aliphatic carbocycles. The van der Waals surface area contributed by atoms with Gasteiger partial charge in [0.15, 0.2) is 0 Å². The van der Waals surface area contributed by atoms with Crippen LogP contribution >= 0.6 is 34.6 Å². The van der Waals surface area contributed by atoms with E-state index < -0.39 is 0 Å². The van der Waals surface area contributed by atoms with Crippen molar-refractivity contribution in [2.75, 3.05) is 5.75 Å². The summed E-state index contributed by atoms with van der Waals surface area (Å²) >= 11 is 4.62. The standard InChI is InChI=1S/C9H8N4OS3/c1-2-3-15-9-4-5-6(7(14)11-13-10-5)16-8(4)12-17-9/h2-3H2,1H3,(H,10,11,14). The number of rotatable bonds is 3. The molecule has 5 nitrogen and oxygen atoms in total. The highest BCUT2D eigenvalue weighted by atomic mass is 32.2. The van der Waals surface area contributed by atoms with Crippen LogP contribution in [0, 0.1) is 0 Å². The number of H-pyrrole nitrogens is 1. The van der Waals surface area contributed by atoms with E-state index in [1.165, 1.54) is 22.9 Å². The van der Waals surface area contributed by atoms with Gasteiger partial charge in [-0.05, 0) is 23.7 Å². The maximum atomic E-state index is 11.6. The molecule has 0 saturated heterocycles. The normalized spacial score (nSPS) is 11.6. The number of hydrogen-bond donors (Lipinski definition) is 1. The van der Waals surface area contributed by atoms with Gasteiger partial charge in [-0.1, -0.05) is 12.1 Å². The van der Waals surface area contributed by atoms with Crippen molar-refractivity contribution >= 4 is 55.1 Å². The molecule has 0 amide bonds. The Morgan fingerprint density at radius 1 is 1.47 bits per heavy atom. The van der Waals surface area contributed by atoms with Crippen molar-refractivity contribution < 1.29 is 0 Å². The van der Waals surface area contributed by atoms with Crippen LogP contribution in [0.3, 0.4) is 0 Å². The molecule has 0 radical (unpaired) electrons. The molecule has 0 atom stereocenters. The summed E-state index contributed by atoms with van der Waals surface area (Å²) in [5.41, 5.74) is 0.496. The van der Waals surface area contributed by atoms with Crippen LogP contribution in [-0.4, -0.2) is 25.5 Å². The number of nitrogens with one attached hydrogen (secondary N) is 1. The van der Waals surface area contributed by atoms with Gasteiger partial charge in [0.2, 0.25) is 0 Å². The smallest absolute Gasteiger partial charge is 0.266 e. The molecular weight excluding hydrogens is 276 g/mol. The Bertz CT molecular complexity index is 729. The number of nitrogens with zero attached hydrogens (tertiary/aromatic N) is 3. The fraction of sp³-hybridized carbons (Fsp3) is 0.333. The van der Waals surface area contributed by atoms with Gasteiger partial charge < -0.3 is 0 Å². The van der Waals surface area contributed by atoms with E-state index in [1.807, 2.05) is 0 Å². The van der Waals surface area contributed by atoms with Crippen molar-refractivity contribution in [1.29, 1.82) is 0 Å². The second-order valence-corrected chi connectivity index (χ2v) is 6.56. The molecule has 0 fully saturated rings. The van der Waals surface area contributed by atoms with E-state index in [4.69, 9.17) is 0 Å². The molecule has 8 heteroatoms. The Balaban J connectivity index is 2.29. The van der Waals surface area contributed by atoms with Crippen LogP contribution < -0.4 is 5.56 Å². The van der Waals surface area contributed by atoms with Crippen LogP contribution in [0.1, 0.15) is 13.3 Å². The van der Waals surface area contributed by atoms with Crippen LogP contribution in [0.5, 0.6) is 0 Å². The third-order valence-corrected chi connectivity index (χ3v) is 5.71. The molecule has 88 valence electrons. The molecule has 0 aliphatic heterocycles. The summed E-state index contributed by atoms with van der Waals surface area (Å²) in [5.74, 6) is 1.05. The zero-order chi connectivity index (χ0) is 11.8. The van der Waals surface area contributed by atoms with Gasteiger partial charge in [-0.2, -0.15) is 4.37 Å². The van der Waals surface area contributed by atoms with Gasteiger partial charge in [0.05, 0.1) is 9.60 Å². The summed E-state index contributed by atoms with van der Waals surface area (Å²) in [5, 5.41) is 11.0. The van der Waals surface area contributed by atoms with Gasteiger partial charge in [0.25, 0.3) is 5.56 Å². The fourth-order valence-corrected chi connectivity index (χ4v) is 4.61. The Labute approximate surface area is 108 Å². The van der Waals surface area contributed by atoms with Gasteiger partial charge in [-0.15, -0.1) is 28.2 Å². The van der Waals surface area contributed by atoms with Crippen LogP contribution in [0.25, 0.3) is 20.4 Å². The Hall–Kier alpha value is -0.990. The summed E-state index contributed by atoms with van der Waals surface area (Å²) in [7, 11) is 0. The zero-order valence-corrected chi connectivity index (χ0v) is 11.3. The second-order valence-electron chi connectivity index (χ2n) is 3.42. The SMILES string of the molecule is CCCSc1snc2sc3c(=O)[nH]nnc3c12. The molecule has 1 N–H and O–H groups in total. The highest BCUT2D eigenvalue weighted by Gasteiger charge is 2.16. The minimum Gasteiger partial charge on any atom is -0.266 e. The average molecular weight is 284 g/mol. The maximum Gasteiger partial charge on any atom is 0.285 e. The molecule has 0 bridgehead atoms. The van der Waals surface area contributed by atoms with Crippen molar-refractivity contribution in [2.45, 2.75) is 17.6 Å². The summed E-state index contributed by atoms with van der Waals surface area (Å²) in [6.45, 7) is 2.14. The highest BCUT2D eigenvalue weighted by Crippen LogP contribution is 2.39. The van der Waals surface area contributed by atoms with Crippen LogP contribution in [-0.2, 0) is 0 Å². The maximum absolute atomic E-state index is 11.6. The molecule has 3 aromatic heterocycles. The topological polar surface area (TPSA) is 71.5 Å². The Morgan fingerprint density at radius 3 is 3.18 bits per heavy atom. The van der Waals surface area contributed by atoms with Crippen LogP contribution in [0.2, 0.25) is 0 Å². The number of aromatic nitrogens is 4. The zero-order valence-electron chi connectivity index (χ0n) is 8.89. The van der Waals surface area contributed by atoms with E-state index in [2.05, 4.69) is 26.7 Å². The summed E-state index contributed by atoms with van der Waals surface area (Å²) < 4.78 is 6.12. The van der Waals surface area contributed by atoms with Gasteiger partial charge in [0, 0.05) is 0 Å². The molecule has 0 spiro atoms. The van der Waals surface area contributed by atoms with E-state index in [0.717, 1.165) is 26.6 Å². The Morgan fingerprint density at radius 2 is 2.35 bits per heavy atom. The minimum absolute atomic E-state index is 0.186. The quantitative estimate of drug-likeness (QED) is 0.748. The molecule has 0 aliphatic rings. The molecule has 3 rings (SSSR count). The first-order valence-corrected chi connectivity index (χ1v) is 7.65. The van der Waals surface area contributed by atoms with Crippen LogP contribution in [0.4, 0.5) is 0 Å². The second kappa shape index (κ2) is 4.35. The molecule has 0 unspecified atom stereocenters. The van der Waals surface area contributed by atoms with Gasteiger partial charge in [-0.25, -0.2) is 5.10 Å². The summed E-state index contributed by atoms with van der Waals surface area (Å²) in [6, 6.07) is 0. The van der Waals surface area contributed by atoms with Crippen molar-refractivity contribution in [2.24, 2.45) is 0 Å². The van der Waals surface area contributed by atoms with Crippen molar-refractivity contribution in [3.63, 3.8) is 0 Å². The fourth-order valence-electron chi connectivity index (χ4n) is 1.50. The minimum atomic E-state index is -0.186. The number of aromatic amines is 1. The van der Waals surface area contributed by atoms with Gasteiger partial charge in [-0.3, -0.25) is 4.79 Å². The largest absolute Gasteiger partial charge is 0.285 e. The van der Waals surface area contributed by atoms with Crippen molar-refractivity contribution in [1.82, 2.24) is 19.8 Å². The number of thiophene rings is 1. The van der Waals surface area contributed by atoms with E-state index in [1.54, 1.807) is 11.8 Å². The third kappa shape index (κ3) is 1.76. The van der Waals surface area contributed by atoms with E-state index in [-0.39, 0.29) is 5.56 Å².